The lowest BCUT2D eigenvalue weighted by Crippen LogP contribution is -2.30. The number of hydrogen-bond donors (Lipinski definition) is 1. The Morgan fingerprint density at radius 2 is 2.14 bits per heavy atom. The second-order valence-corrected chi connectivity index (χ2v) is 6.46. The van der Waals surface area contributed by atoms with Gasteiger partial charge in [-0.25, -0.2) is 9.78 Å². The van der Waals surface area contributed by atoms with Crippen LogP contribution in [0.5, 0.6) is 0 Å². The Bertz CT molecular complexity index is 567. The summed E-state index contributed by atoms with van der Waals surface area (Å²) >= 11 is 1.20. The monoisotopic (exact) mass is 310 g/mol. The topological polar surface area (TPSA) is 77.5 Å². The summed E-state index contributed by atoms with van der Waals surface area (Å²) in [6, 6.07) is 0.203. The maximum atomic E-state index is 11.7. The van der Waals surface area contributed by atoms with Crippen LogP contribution in [0.3, 0.4) is 0 Å². The summed E-state index contributed by atoms with van der Waals surface area (Å²) in [5, 5.41) is 3.91. The number of Topliss-reactive ketones (excluding diaryl/α,β-unsaturated/α-hetero) is 1. The summed E-state index contributed by atoms with van der Waals surface area (Å²) in [5.74, 6) is -0.120. The van der Waals surface area contributed by atoms with Crippen LogP contribution in [0.25, 0.3) is 0 Å². The molecule has 1 aliphatic heterocycles. The number of carbonyl (C=O) groups excluding carboxylic acids is 2. The first-order chi connectivity index (χ1) is 10.1. The molecule has 6 nitrogen and oxygen atoms in total. The van der Waals surface area contributed by atoms with Crippen LogP contribution in [-0.4, -0.2) is 42.6 Å². The van der Waals surface area contributed by atoms with Crippen LogP contribution in [0.1, 0.15) is 46.3 Å². The maximum Gasteiger partial charge on any atom is 0.358 e. The van der Waals surface area contributed by atoms with Crippen LogP contribution >= 0.6 is 11.3 Å². The molecule has 21 heavy (non-hydrogen) atoms. The number of rotatable bonds is 5. The molecule has 1 aliphatic carbocycles. The lowest BCUT2D eigenvalue weighted by Gasteiger charge is -2.18. The van der Waals surface area contributed by atoms with Crippen molar-refractivity contribution in [1.29, 1.82) is 0 Å². The fraction of sp³-hybridized carbons (Fsp3) is 0.643. The summed E-state index contributed by atoms with van der Waals surface area (Å²) < 4.78 is 10.5. The van der Waals surface area contributed by atoms with Gasteiger partial charge in [0.15, 0.2) is 16.6 Å². The van der Waals surface area contributed by atoms with Crippen molar-refractivity contribution in [3.05, 3.63) is 10.6 Å². The Morgan fingerprint density at radius 1 is 1.38 bits per heavy atom. The van der Waals surface area contributed by atoms with Gasteiger partial charge >= 0.3 is 5.97 Å². The Kier molecular flexibility index (Phi) is 3.95. The normalized spacial score (nSPS) is 24.9. The first-order valence-electron chi connectivity index (χ1n) is 7.08. The van der Waals surface area contributed by atoms with Crippen molar-refractivity contribution >= 4 is 28.2 Å². The molecule has 2 unspecified atom stereocenters. The van der Waals surface area contributed by atoms with Crippen LogP contribution < -0.4 is 5.32 Å². The van der Waals surface area contributed by atoms with E-state index in [-0.39, 0.29) is 23.6 Å². The number of anilines is 1. The third-order valence-corrected chi connectivity index (χ3v) is 4.94. The summed E-state index contributed by atoms with van der Waals surface area (Å²) in [7, 11) is 1.28. The van der Waals surface area contributed by atoms with Crippen molar-refractivity contribution in [3.63, 3.8) is 0 Å². The highest BCUT2D eigenvalue weighted by atomic mass is 32.1. The average Bonchev–Trinajstić information content (AvgIpc) is 3.05. The van der Waals surface area contributed by atoms with Gasteiger partial charge in [-0.05, 0) is 25.2 Å². The van der Waals surface area contributed by atoms with Crippen LogP contribution in [0.15, 0.2) is 0 Å². The zero-order valence-electron chi connectivity index (χ0n) is 12.0. The van der Waals surface area contributed by atoms with Gasteiger partial charge in [-0.15, -0.1) is 0 Å². The zero-order chi connectivity index (χ0) is 15.0. The predicted octanol–water partition coefficient (Wildman–Crippen LogP) is 2.11. The van der Waals surface area contributed by atoms with Gasteiger partial charge in [-0.2, -0.15) is 0 Å². The number of aromatic nitrogens is 1. The second kappa shape index (κ2) is 5.73. The Balaban J connectivity index is 1.79. The van der Waals surface area contributed by atoms with Crippen molar-refractivity contribution in [3.8, 4) is 0 Å². The molecule has 0 amide bonds. The number of carbonyl (C=O) groups is 2. The molecule has 1 saturated carbocycles. The molecule has 114 valence electrons. The average molecular weight is 310 g/mol. The number of ether oxygens (including phenoxy) is 2. The van der Waals surface area contributed by atoms with Crippen molar-refractivity contribution in [2.45, 2.75) is 38.3 Å². The fourth-order valence-corrected chi connectivity index (χ4v) is 3.58. The van der Waals surface area contributed by atoms with Crippen molar-refractivity contribution in [2.75, 3.05) is 19.0 Å². The predicted molar refractivity (Wildman–Crippen MR) is 77.9 cm³/mol. The molecular formula is C14H18N2O4S. The molecule has 3 rings (SSSR count). The van der Waals surface area contributed by atoms with Gasteiger partial charge in [-0.3, -0.25) is 4.79 Å². The Hall–Kier alpha value is -1.47. The molecule has 1 N–H and O–H groups in total. The molecule has 1 saturated heterocycles. The second-order valence-electron chi connectivity index (χ2n) is 5.46. The summed E-state index contributed by atoms with van der Waals surface area (Å²) in [4.78, 5) is 27.9. The lowest BCUT2D eigenvalue weighted by molar-refractivity contribution is 0.0591. The molecule has 2 fully saturated rings. The Labute approximate surface area is 126 Å². The number of nitrogens with zero attached hydrogens (tertiary/aromatic N) is 1. The van der Waals surface area contributed by atoms with E-state index in [0.29, 0.717) is 15.9 Å². The number of nitrogens with one attached hydrogen (secondary N) is 1. The van der Waals surface area contributed by atoms with E-state index < -0.39 is 5.97 Å². The van der Waals surface area contributed by atoms with Gasteiger partial charge in [0.1, 0.15) is 4.88 Å². The molecule has 0 radical (unpaired) electrons. The molecule has 0 aromatic carbocycles. The van der Waals surface area contributed by atoms with E-state index in [9.17, 15) is 9.59 Å². The van der Waals surface area contributed by atoms with Gasteiger partial charge < -0.3 is 14.8 Å². The molecule has 0 spiro atoms. The minimum Gasteiger partial charge on any atom is -0.464 e. The first kappa shape index (κ1) is 14.5. The third kappa shape index (κ3) is 2.94. The number of thiazole rings is 1. The third-order valence-electron chi connectivity index (χ3n) is 3.86. The summed E-state index contributed by atoms with van der Waals surface area (Å²) in [6.07, 6.45) is 3.57. The van der Waals surface area contributed by atoms with Gasteiger partial charge in [0.05, 0.1) is 19.3 Å². The number of esters is 1. The van der Waals surface area contributed by atoms with Crippen molar-refractivity contribution in [1.82, 2.24) is 4.98 Å². The standard InChI is InChI=1S/C14H18N2O4S/c1-7(17)12-10(13(18)19-2)16-14(21-12)15-9-5-6-20-11(9)8-3-4-8/h8-9,11H,3-6H2,1-2H3,(H,15,16). The van der Waals surface area contributed by atoms with Crippen molar-refractivity contribution in [2.24, 2.45) is 5.92 Å². The smallest absolute Gasteiger partial charge is 0.358 e. The molecule has 2 aliphatic rings. The van der Waals surface area contributed by atoms with Gasteiger partial charge in [0, 0.05) is 13.5 Å². The molecule has 1 aromatic rings. The lowest BCUT2D eigenvalue weighted by atomic mass is 10.1. The minimum atomic E-state index is -0.578. The van der Waals surface area contributed by atoms with Crippen molar-refractivity contribution < 1.29 is 19.1 Å². The van der Waals surface area contributed by atoms with Gasteiger partial charge in [0.2, 0.25) is 0 Å². The van der Waals surface area contributed by atoms with E-state index in [1.165, 1.54) is 38.2 Å². The van der Waals surface area contributed by atoms with Crippen LogP contribution in [0.2, 0.25) is 0 Å². The molecule has 2 heterocycles. The molecular weight excluding hydrogens is 292 g/mol. The van der Waals surface area contributed by atoms with E-state index in [1.807, 2.05) is 0 Å². The van der Waals surface area contributed by atoms with E-state index in [1.54, 1.807) is 0 Å². The molecule has 0 bridgehead atoms. The fourth-order valence-electron chi connectivity index (χ4n) is 2.67. The first-order valence-corrected chi connectivity index (χ1v) is 7.90. The number of methoxy groups -OCH3 is 1. The van der Waals surface area contributed by atoms with E-state index in [0.717, 1.165) is 13.0 Å². The minimum absolute atomic E-state index is 0.0967. The zero-order valence-corrected chi connectivity index (χ0v) is 12.9. The summed E-state index contributed by atoms with van der Waals surface area (Å²) in [6.45, 7) is 2.17. The highest BCUT2D eigenvalue weighted by Crippen LogP contribution is 2.40. The highest BCUT2D eigenvalue weighted by Gasteiger charge is 2.41. The maximum absolute atomic E-state index is 11.7. The molecule has 7 heteroatoms. The number of hydrogen-bond acceptors (Lipinski definition) is 7. The van der Waals surface area contributed by atoms with E-state index >= 15 is 0 Å². The number of ketones is 1. The summed E-state index contributed by atoms with van der Waals surface area (Å²) in [5.41, 5.74) is 0.0967. The van der Waals surface area contributed by atoms with Crippen LogP contribution in [0, 0.1) is 5.92 Å². The molecule has 2 atom stereocenters. The highest BCUT2D eigenvalue weighted by molar-refractivity contribution is 7.17. The molecule has 1 aromatic heterocycles. The van der Waals surface area contributed by atoms with E-state index in [4.69, 9.17) is 4.74 Å². The largest absolute Gasteiger partial charge is 0.464 e. The van der Waals surface area contributed by atoms with E-state index in [2.05, 4.69) is 15.0 Å². The van der Waals surface area contributed by atoms with Gasteiger partial charge in [-0.1, -0.05) is 11.3 Å². The quantitative estimate of drug-likeness (QED) is 0.663. The van der Waals surface area contributed by atoms with Gasteiger partial charge in [0.25, 0.3) is 0 Å². The SMILES string of the molecule is COC(=O)c1nc(NC2CCOC2C2CC2)sc1C(C)=O. The van der Waals surface area contributed by atoms with Crippen LogP contribution in [-0.2, 0) is 9.47 Å². The van der Waals surface area contributed by atoms with Crippen LogP contribution in [0.4, 0.5) is 5.13 Å². The Morgan fingerprint density at radius 3 is 2.76 bits per heavy atom.